The molecule has 1 fully saturated rings. The molecular weight excluding hydrogens is 331 g/mol. The molecule has 24 heavy (non-hydrogen) atoms. The third-order valence-corrected chi connectivity index (χ3v) is 4.29. The van der Waals surface area contributed by atoms with E-state index in [1.54, 1.807) is 29.2 Å². The van der Waals surface area contributed by atoms with Gasteiger partial charge in [0, 0.05) is 25.9 Å². The first-order valence-corrected chi connectivity index (χ1v) is 8.23. The summed E-state index contributed by atoms with van der Waals surface area (Å²) in [5, 5.41) is 3.18. The quantitative estimate of drug-likeness (QED) is 0.883. The summed E-state index contributed by atoms with van der Waals surface area (Å²) in [7, 11) is 0. The van der Waals surface area contributed by atoms with Gasteiger partial charge < -0.3 is 15.0 Å². The highest BCUT2D eigenvalue weighted by atomic mass is 35.5. The lowest BCUT2D eigenvalue weighted by Crippen LogP contribution is -2.43. The molecule has 0 bridgehead atoms. The Bertz CT molecular complexity index is 718. The number of likely N-dealkylation sites (tertiary alicyclic amines) is 1. The highest BCUT2D eigenvalue weighted by Crippen LogP contribution is 2.27. The molecule has 6 heteroatoms. The molecule has 0 radical (unpaired) electrons. The molecule has 0 aliphatic carbocycles. The summed E-state index contributed by atoms with van der Waals surface area (Å²) in [6.45, 7) is 1.10. The normalized spacial score (nSPS) is 15.2. The molecule has 4 nitrogen and oxygen atoms in total. The third kappa shape index (κ3) is 3.97. The van der Waals surface area contributed by atoms with Crippen molar-refractivity contribution in [2.45, 2.75) is 18.9 Å². The Kier molecular flexibility index (Phi) is 5.20. The van der Waals surface area contributed by atoms with Crippen LogP contribution in [0.3, 0.4) is 0 Å². The topological polar surface area (TPSA) is 41.6 Å². The van der Waals surface area contributed by atoms with Gasteiger partial charge in [-0.1, -0.05) is 35.9 Å². The van der Waals surface area contributed by atoms with Gasteiger partial charge >= 0.3 is 6.03 Å². The van der Waals surface area contributed by atoms with Crippen LogP contribution >= 0.6 is 11.6 Å². The monoisotopic (exact) mass is 348 g/mol. The van der Waals surface area contributed by atoms with Gasteiger partial charge in [-0.25, -0.2) is 9.18 Å². The van der Waals surface area contributed by atoms with Crippen molar-refractivity contribution in [3.63, 3.8) is 0 Å². The van der Waals surface area contributed by atoms with Crippen LogP contribution in [0, 0.1) is 5.82 Å². The van der Waals surface area contributed by atoms with Crippen molar-refractivity contribution in [3.8, 4) is 5.75 Å². The first-order chi connectivity index (χ1) is 11.6. The number of anilines is 1. The standard InChI is InChI=1S/C18H18ClFN2O2/c19-14-5-1-4-8-17(14)24-13-9-11-22(12-10-13)18(23)21-16-7-3-2-6-15(16)20/h1-8,13H,9-12H2,(H,21,23). The van der Waals surface area contributed by atoms with Crippen LogP contribution in [-0.4, -0.2) is 30.1 Å². The average Bonchev–Trinajstić information content (AvgIpc) is 2.59. The second kappa shape index (κ2) is 7.53. The summed E-state index contributed by atoms with van der Waals surface area (Å²) in [6, 6.07) is 13.2. The largest absolute Gasteiger partial charge is 0.489 e. The van der Waals surface area contributed by atoms with Gasteiger partial charge in [-0.2, -0.15) is 0 Å². The van der Waals surface area contributed by atoms with Crippen molar-refractivity contribution in [1.82, 2.24) is 4.90 Å². The number of nitrogens with zero attached hydrogens (tertiary/aromatic N) is 1. The maximum absolute atomic E-state index is 13.6. The molecule has 126 valence electrons. The number of ether oxygens (including phenoxy) is 1. The zero-order valence-electron chi connectivity index (χ0n) is 13.0. The number of nitrogens with one attached hydrogen (secondary N) is 1. The number of rotatable bonds is 3. The van der Waals surface area contributed by atoms with E-state index in [-0.39, 0.29) is 17.8 Å². The third-order valence-electron chi connectivity index (χ3n) is 3.97. The van der Waals surface area contributed by atoms with Gasteiger partial charge in [0.15, 0.2) is 0 Å². The van der Waals surface area contributed by atoms with Gasteiger partial charge in [-0.15, -0.1) is 0 Å². The number of halogens is 2. The smallest absolute Gasteiger partial charge is 0.321 e. The van der Waals surface area contributed by atoms with Gasteiger partial charge in [-0.05, 0) is 24.3 Å². The maximum atomic E-state index is 13.6. The first kappa shape index (κ1) is 16.6. The van der Waals surface area contributed by atoms with Crippen molar-refractivity contribution in [2.75, 3.05) is 18.4 Å². The molecule has 1 N–H and O–H groups in total. The Morgan fingerprint density at radius 1 is 1.12 bits per heavy atom. The second-order valence-electron chi connectivity index (χ2n) is 5.64. The Morgan fingerprint density at radius 3 is 2.50 bits per heavy atom. The summed E-state index contributed by atoms with van der Waals surface area (Å²) in [5.41, 5.74) is 0.192. The number of amides is 2. The van der Waals surface area contributed by atoms with Crippen molar-refractivity contribution < 1.29 is 13.9 Å². The molecule has 1 aliphatic rings. The highest BCUT2D eigenvalue weighted by Gasteiger charge is 2.24. The molecule has 0 unspecified atom stereocenters. The van der Waals surface area contributed by atoms with Crippen LogP contribution in [0.25, 0.3) is 0 Å². The Labute approximate surface area is 145 Å². The maximum Gasteiger partial charge on any atom is 0.321 e. The summed E-state index contributed by atoms with van der Waals surface area (Å²) in [4.78, 5) is 13.9. The molecule has 0 saturated carbocycles. The Morgan fingerprint density at radius 2 is 1.79 bits per heavy atom. The molecule has 0 spiro atoms. The molecule has 2 amide bonds. The summed E-state index contributed by atoms with van der Waals surface area (Å²) in [5.74, 6) is 0.219. The fourth-order valence-electron chi connectivity index (χ4n) is 2.65. The van der Waals surface area contributed by atoms with Crippen LogP contribution in [0.4, 0.5) is 14.9 Å². The number of benzene rings is 2. The van der Waals surface area contributed by atoms with Crippen LogP contribution in [0.15, 0.2) is 48.5 Å². The van der Waals surface area contributed by atoms with E-state index >= 15 is 0 Å². The summed E-state index contributed by atoms with van der Waals surface area (Å²) < 4.78 is 19.5. The fraction of sp³-hybridized carbons (Fsp3) is 0.278. The SMILES string of the molecule is O=C(Nc1ccccc1F)N1CCC(Oc2ccccc2Cl)CC1. The van der Waals surface area contributed by atoms with Gasteiger partial charge in [0.25, 0.3) is 0 Å². The molecule has 0 atom stereocenters. The summed E-state index contributed by atoms with van der Waals surface area (Å²) in [6.07, 6.45) is 1.42. The van der Waals surface area contributed by atoms with Gasteiger partial charge in [0.2, 0.25) is 0 Å². The Balaban J connectivity index is 1.52. The van der Waals surface area contributed by atoms with E-state index in [1.165, 1.54) is 6.07 Å². The molecule has 0 aromatic heterocycles. The number of piperidine rings is 1. The van der Waals surface area contributed by atoms with Crippen LogP contribution < -0.4 is 10.1 Å². The van der Waals surface area contributed by atoms with E-state index < -0.39 is 5.82 Å². The van der Waals surface area contributed by atoms with Crippen molar-refractivity contribution in [3.05, 3.63) is 59.4 Å². The van der Waals surface area contributed by atoms with Gasteiger partial charge in [0.1, 0.15) is 17.7 Å². The second-order valence-corrected chi connectivity index (χ2v) is 6.05. The van der Waals surface area contributed by atoms with E-state index in [1.807, 2.05) is 18.2 Å². The molecule has 1 heterocycles. The Hall–Kier alpha value is -2.27. The predicted octanol–water partition coefficient (Wildman–Crippen LogP) is 4.55. The molecule has 2 aromatic rings. The van der Waals surface area contributed by atoms with Crippen LogP contribution in [0.5, 0.6) is 5.75 Å². The van der Waals surface area contributed by atoms with Gasteiger partial charge in [0.05, 0.1) is 10.7 Å². The zero-order chi connectivity index (χ0) is 16.9. The minimum absolute atomic E-state index is 0.0161. The predicted molar refractivity (Wildman–Crippen MR) is 92.1 cm³/mol. The highest BCUT2D eigenvalue weighted by molar-refractivity contribution is 6.32. The number of hydrogen-bond acceptors (Lipinski definition) is 2. The van der Waals surface area contributed by atoms with E-state index in [2.05, 4.69) is 5.32 Å². The average molecular weight is 349 g/mol. The fourth-order valence-corrected chi connectivity index (χ4v) is 2.83. The first-order valence-electron chi connectivity index (χ1n) is 7.85. The van der Waals surface area contributed by atoms with E-state index in [9.17, 15) is 9.18 Å². The van der Waals surface area contributed by atoms with E-state index in [0.29, 0.717) is 36.7 Å². The minimum atomic E-state index is -0.442. The van der Waals surface area contributed by atoms with Crippen LogP contribution in [0.1, 0.15) is 12.8 Å². The van der Waals surface area contributed by atoms with Gasteiger partial charge in [-0.3, -0.25) is 0 Å². The number of urea groups is 1. The number of carbonyl (C=O) groups excluding carboxylic acids is 1. The lowest BCUT2D eigenvalue weighted by Gasteiger charge is -2.32. The minimum Gasteiger partial charge on any atom is -0.489 e. The van der Waals surface area contributed by atoms with Crippen molar-refractivity contribution >= 4 is 23.3 Å². The summed E-state index contributed by atoms with van der Waals surface area (Å²) >= 11 is 6.09. The lowest BCUT2D eigenvalue weighted by atomic mass is 10.1. The molecule has 3 rings (SSSR count). The molecular formula is C18H18ClFN2O2. The van der Waals surface area contributed by atoms with Crippen molar-refractivity contribution in [1.29, 1.82) is 0 Å². The number of para-hydroxylation sites is 2. The van der Waals surface area contributed by atoms with Crippen LogP contribution in [0.2, 0.25) is 5.02 Å². The zero-order valence-corrected chi connectivity index (χ0v) is 13.8. The van der Waals surface area contributed by atoms with E-state index in [4.69, 9.17) is 16.3 Å². The molecule has 1 saturated heterocycles. The van der Waals surface area contributed by atoms with Crippen molar-refractivity contribution in [2.24, 2.45) is 0 Å². The number of carbonyl (C=O) groups is 1. The van der Waals surface area contributed by atoms with E-state index in [0.717, 1.165) is 0 Å². The lowest BCUT2D eigenvalue weighted by molar-refractivity contribution is 0.115. The number of hydrogen-bond donors (Lipinski definition) is 1. The molecule has 2 aromatic carbocycles. The molecule has 1 aliphatic heterocycles. The van der Waals surface area contributed by atoms with Crippen LogP contribution in [-0.2, 0) is 0 Å².